The molecule has 21 heteroatoms. The zero-order valence-corrected chi connectivity index (χ0v) is 38.3. The van der Waals surface area contributed by atoms with Gasteiger partial charge < -0.3 is 45.8 Å². The Bertz CT molecular complexity index is 2710. The highest BCUT2D eigenvalue weighted by molar-refractivity contribution is 8.76. The lowest BCUT2D eigenvalue weighted by atomic mass is 9.94. The summed E-state index contributed by atoms with van der Waals surface area (Å²) in [6.07, 6.45) is 3.32. The SMILES string of the molecule is CCCCc1nc2c(N)nc3ccccc3c2n1CC(C)(C)COC(=O)OCCSSCCNC(=O)CCC(NC(=O)c1ccc(NCc2cnc3nc(C)[nH]c(=O)c3n2)cc1)C(=O)O. The lowest BCUT2D eigenvalue weighted by Crippen LogP contribution is -2.41. The Morgan fingerprint density at radius 3 is 2.52 bits per heavy atom. The Morgan fingerprint density at radius 2 is 1.75 bits per heavy atom. The van der Waals surface area contributed by atoms with Gasteiger partial charge in [-0.3, -0.25) is 14.4 Å². The van der Waals surface area contributed by atoms with E-state index in [0.717, 1.165) is 41.5 Å². The van der Waals surface area contributed by atoms with E-state index in [0.29, 0.717) is 53.1 Å². The number of aromatic amines is 1. The molecular formula is C44H53N11O8S2. The number of hydrogen-bond donors (Lipinski definition) is 6. The molecule has 0 fully saturated rings. The summed E-state index contributed by atoms with van der Waals surface area (Å²) >= 11 is 0. The van der Waals surface area contributed by atoms with Crippen LogP contribution in [0.5, 0.6) is 0 Å². The number of aliphatic carboxylic acids is 1. The molecule has 4 aromatic heterocycles. The topological polar surface area (TPSA) is 271 Å². The molecule has 0 spiro atoms. The maximum atomic E-state index is 12.9. The number of unbranched alkanes of at least 4 members (excludes halogenated alkanes) is 1. The highest BCUT2D eigenvalue weighted by atomic mass is 33.1. The minimum atomic E-state index is -1.28. The Morgan fingerprint density at radius 1 is 0.985 bits per heavy atom. The van der Waals surface area contributed by atoms with E-state index in [2.05, 4.69) is 52.4 Å². The Labute approximate surface area is 382 Å². The lowest BCUT2D eigenvalue weighted by Gasteiger charge is -2.26. The summed E-state index contributed by atoms with van der Waals surface area (Å²) in [4.78, 5) is 86.8. The second kappa shape index (κ2) is 22.4. The predicted molar refractivity (Wildman–Crippen MR) is 252 cm³/mol. The largest absolute Gasteiger partial charge is 0.508 e. The first-order valence-corrected chi connectivity index (χ1v) is 23.6. The van der Waals surface area contributed by atoms with E-state index in [1.807, 2.05) is 38.1 Å². The third-order valence-electron chi connectivity index (χ3n) is 10.1. The van der Waals surface area contributed by atoms with Crippen LogP contribution < -0.4 is 27.2 Å². The van der Waals surface area contributed by atoms with Crippen molar-refractivity contribution < 1.29 is 33.8 Å². The number of carboxylic acids is 1. The van der Waals surface area contributed by atoms with Gasteiger partial charge in [0, 0.05) is 59.5 Å². The molecule has 1 atom stereocenters. The van der Waals surface area contributed by atoms with Gasteiger partial charge in [-0.1, -0.05) is 67.0 Å². The highest BCUT2D eigenvalue weighted by Gasteiger charge is 2.27. The van der Waals surface area contributed by atoms with Crippen LogP contribution in [0.3, 0.4) is 0 Å². The molecule has 0 saturated heterocycles. The van der Waals surface area contributed by atoms with Crippen molar-refractivity contribution in [1.82, 2.24) is 45.1 Å². The molecule has 65 heavy (non-hydrogen) atoms. The van der Waals surface area contributed by atoms with Crippen LogP contribution in [0.4, 0.5) is 16.3 Å². The number of nitrogens with zero attached hydrogens (tertiary/aromatic N) is 6. The summed E-state index contributed by atoms with van der Waals surface area (Å²) in [7, 11) is 2.96. The van der Waals surface area contributed by atoms with Gasteiger partial charge in [0.1, 0.15) is 36.4 Å². The average molecular weight is 928 g/mol. The number of hydrogen-bond acceptors (Lipinski definition) is 16. The molecule has 0 aliphatic heterocycles. The van der Waals surface area contributed by atoms with Crippen LogP contribution in [0.15, 0.2) is 59.5 Å². The zero-order chi connectivity index (χ0) is 46.5. The third kappa shape index (κ3) is 13.3. The normalized spacial score (nSPS) is 12.0. The zero-order valence-electron chi connectivity index (χ0n) is 36.6. The molecular weight excluding hydrogens is 875 g/mol. The van der Waals surface area contributed by atoms with Gasteiger partial charge in [0.2, 0.25) is 5.91 Å². The van der Waals surface area contributed by atoms with Gasteiger partial charge in [0.05, 0.1) is 29.5 Å². The quantitative estimate of drug-likeness (QED) is 0.0252. The summed E-state index contributed by atoms with van der Waals surface area (Å²) in [5.74, 6) is 0.599. The number of para-hydroxylation sites is 1. The number of H-pyrrole nitrogens is 1. The fourth-order valence-corrected chi connectivity index (χ4v) is 8.56. The van der Waals surface area contributed by atoms with E-state index < -0.39 is 29.5 Å². The molecule has 2 aromatic carbocycles. The lowest BCUT2D eigenvalue weighted by molar-refractivity contribution is -0.139. The van der Waals surface area contributed by atoms with Crippen molar-refractivity contribution in [3.8, 4) is 0 Å². The smallest absolute Gasteiger partial charge is 0.480 e. The minimum absolute atomic E-state index is 0.103. The number of nitrogens with two attached hydrogens (primary N) is 1. The predicted octanol–water partition coefficient (Wildman–Crippen LogP) is 5.80. The number of carboxylic acid groups (broad SMARTS) is 1. The maximum Gasteiger partial charge on any atom is 0.508 e. The number of ether oxygens (including phenoxy) is 2. The number of benzene rings is 2. The van der Waals surface area contributed by atoms with Crippen molar-refractivity contribution in [1.29, 1.82) is 0 Å². The van der Waals surface area contributed by atoms with E-state index in [1.54, 1.807) is 19.1 Å². The molecule has 0 radical (unpaired) electrons. The van der Waals surface area contributed by atoms with E-state index in [9.17, 15) is 29.1 Å². The number of rotatable bonds is 23. The average Bonchev–Trinajstić information content (AvgIpc) is 3.64. The molecule has 4 heterocycles. The Kier molecular flexibility index (Phi) is 16.6. The number of imidazole rings is 1. The van der Waals surface area contributed by atoms with E-state index >= 15 is 0 Å². The number of aromatic nitrogens is 7. The molecule has 0 aliphatic carbocycles. The number of pyridine rings is 1. The Balaban J connectivity index is 0.844. The minimum Gasteiger partial charge on any atom is -0.480 e. The van der Waals surface area contributed by atoms with Crippen molar-refractivity contribution in [3.63, 3.8) is 0 Å². The van der Waals surface area contributed by atoms with Crippen LogP contribution >= 0.6 is 21.6 Å². The number of anilines is 2. The van der Waals surface area contributed by atoms with Crippen LogP contribution in [0.1, 0.15) is 74.2 Å². The molecule has 1 unspecified atom stereocenters. The summed E-state index contributed by atoms with van der Waals surface area (Å²) in [5.41, 5.74) is 9.68. The molecule has 19 nitrogen and oxygen atoms in total. The molecule has 6 aromatic rings. The molecule has 7 N–H and O–H groups in total. The number of amides is 2. The van der Waals surface area contributed by atoms with Crippen LogP contribution in [0.25, 0.3) is 33.1 Å². The van der Waals surface area contributed by atoms with E-state index in [-0.39, 0.29) is 60.8 Å². The van der Waals surface area contributed by atoms with Crippen molar-refractivity contribution in [3.05, 3.63) is 88.0 Å². The standard InChI is InChI=1S/C44H53N11O8S2/c1-5-6-11-33-54-35-37(30-9-7-8-10-31(30)52-38(35)45)55(33)24-44(3,4)25-63-43(61)62-19-21-65-64-20-18-46-34(56)17-16-32(42(59)60)53-40(57)27-12-14-28(15-13-27)47-22-29-23-48-39-36(51-29)41(58)50-26(2)49-39/h7-10,12-15,23,32,47H,5-6,11,16-22,24-25H2,1-4H3,(H2,45,52)(H,46,56)(H,53,57)(H,59,60)(H,48,49,50,58). The van der Waals surface area contributed by atoms with Crippen molar-refractivity contribution in [2.45, 2.75) is 78.9 Å². The molecule has 0 saturated carbocycles. The third-order valence-corrected chi connectivity index (χ3v) is 12.4. The van der Waals surface area contributed by atoms with Crippen molar-refractivity contribution >= 4 is 90.1 Å². The number of aryl methyl sites for hydroxylation is 2. The van der Waals surface area contributed by atoms with Gasteiger partial charge in [-0.2, -0.15) is 0 Å². The van der Waals surface area contributed by atoms with E-state index in [4.69, 9.17) is 20.2 Å². The van der Waals surface area contributed by atoms with E-state index in [1.165, 1.54) is 39.9 Å². The summed E-state index contributed by atoms with van der Waals surface area (Å²) in [6, 6.07) is 12.9. The second-order valence-corrected chi connectivity index (χ2v) is 18.7. The van der Waals surface area contributed by atoms with Gasteiger partial charge in [-0.05, 0) is 50.1 Å². The maximum absolute atomic E-state index is 12.9. The van der Waals surface area contributed by atoms with Gasteiger partial charge in [-0.15, -0.1) is 0 Å². The molecule has 0 aliphatic rings. The number of nitrogens with one attached hydrogen (secondary N) is 4. The fraction of sp³-hybridized carbons (Fsp3) is 0.409. The summed E-state index contributed by atoms with van der Waals surface area (Å²) in [5, 5.41) is 19.1. The highest BCUT2D eigenvalue weighted by Crippen LogP contribution is 2.32. The molecule has 344 valence electrons. The monoisotopic (exact) mass is 927 g/mol. The van der Waals surface area contributed by atoms with Gasteiger partial charge >= 0.3 is 12.1 Å². The Hall–Kier alpha value is -6.48. The van der Waals surface area contributed by atoms with Crippen LogP contribution in [-0.2, 0) is 38.6 Å². The van der Waals surface area contributed by atoms with Crippen molar-refractivity contribution in [2.24, 2.45) is 5.41 Å². The van der Waals surface area contributed by atoms with Crippen molar-refractivity contribution in [2.75, 3.05) is 42.3 Å². The fourth-order valence-electron chi connectivity index (χ4n) is 6.82. The van der Waals surface area contributed by atoms with Crippen LogP contribution in [-0.4, -0.2) is 101 Å². The first-order valence-electron chi connectivity index (χ1n) is 21.2. The summed E-state index contributed by atoms with van der Waals surface area (Å²) in [6.45, 7) is 9.23. The van der Waals surface area contributed by atoms with Gasteiger partial charge in [0.15, 0.2) is 17.0 Å². The number of fused-ring (bicyclic) bond motifs is 4. The first-order chi connectivity index (χ1) is 31.2. The molecule has 6 rings (SSSR count). The second-order valence-electron chi connectivity index (χ2n) is 16.0. The number of nitrogen functional groups attached to an aromatic ring is 1. The van der Waals surface area contributed by atoms with Crippen LogP contribution in [0.2, 0.25) is 0 Å². The number of carbonyl (C=O) groups is 4. The van der Waals surface area contributed by atoms with Gasteiger partial charge in [0.25, 0.3) is 11.5 Å². The summed E-state index contributed by atoms with van der Waals surface area (Å²) < 4.78 is 13.0. The van der Waals surface area contributed by atoms with Crippen LogP contribution in [0, 0.1) is 12.3 Å². The van der Waals surface area contributed by atoms with Gasteiger partial charge in [-0.25, -0.2) is 34.5 Å². The molecule has 0 bridgehead atoms. The molecule has 2 amide bonds. The first kappa shape index (κ1) is 48.0. The number of carbonyl (C=O) groups excluding carboxylic acids is 3.